The van der Waals surface area contributed by atoms with Gasteiger partial charge in [-0.25, -0.2) is 13.5 Å². The molecule has 0 bridgehead atoms. The molecule has 3 aromatic rings. The minimum absolute atomic E-state index is 0.136. The van der Waals surface area contributed by atoms with E-state index in [1.54, 1.807) is 24.3 Å². The molecule has 4 rings (SSSR count). The quantitative estimate of drug-likeness (QED) is 0.623. The molecule has 0 saturated carbocycles. The zero-order chi connectivity index (χ0) is 21.8. The fraction of sp³-hybridized carbons (Fsp3) is 0.190. The Hall–Kier alpha value is -3.34. The van der Waals surface area contributed by atoms with Gasteiger partial charge in [0.25, 0.3) is 11.5 Å². The van der Waals surface area contributed by atoms with E-state index in [1.807, 2.05) is 6.07 Å². The molecule has 0 aliphatic carbocycles. The van der Waals surface area contributed by atoms with Crippen molar-refractivity contribution in [2.75, 3.05) is 31.6 Å². The van der Waals surface area contributed by atoms with Crippen LogP contribution in [0.1, 0.15) is 10.4 Å². The number of H-pyrrole nitrogens is 1. The van der Waals surface area contributed by atoms with Gasteiger partial charge in [-0.15, -0.1) is 0 Å². The summed E-state index contributed by atoms with van der Waals surface area (Å²) in [5.74, 6) is -0.373. The van der Waals surface area contributed by atoms with E-state index in [4.69, 9.17) is 4.74 Å². The Balaban J connectivity index is 1.48. The van der Waals surface area contributed by atoms with E-state index in [2.05, 4.69) is 15.5 Å². The Kier molecular flexibility index (Phi) is 5.94. The maximum absolute atomic E-state index is 12.7. The summed E-state index contributed by atoms with van der Waals surface area (Å²) in [5, 5.41) is 9.14. The number of sulfonamides is 1. The molecule has 31 heavy (non-hydrogen) atoms. The Bertz CT molecular complexity index is 1230. The highest BCUT2D eigenvalue weighted by molar-refractivity contribution is 7.89. The van der Waals surface area contributed by atoms with Gasteiger partial charge in [0.05, 0.1) is 23.8 Å². The van der Waals surface area contributed by atoms with E-state index in [0.29, 0.717) is 43.2 Å². The van der Waals surface area contributed by atoms with E-state index >= 15 is 0 Å². The summed E-state index contributed by atoms with van der Waals surface area (Å²) in [7, 11) is -3.61. The highest BCUT2D eigenvalue weighted by Gasteiger charge is 2.26. The smallest absolute Gasteiger partial charge is 0.264 e. The summed E-state index contributed by atoms with van der Waals surface area (Å²) >= 11 is 0. The molecule has 2 N–H and O–H groups in total. The highest BCUT2D eigenvalue weighted by Crippen LogP contribution is 2.21. The molecule has 1 amide bonds. The van der Waals surface area contributed by atoms with Crippen LogP contribution < -0.4 is 10.9 Å². The van der Waals surface area contributed by atoms with Crippen LogP contribution in [0.2, 0.25) is 0 Å². The van der Waals surface area contributed by atoms with Crippen LogP contribution in [-0.4, -0.2) is 55.1 Å². The van der Waals surface area contributed by atoms with Crippen LogP contribution in [-0.2, 0) is 14.8 Å². The van der Waals surface area contributed by atoms with Crippen LogP contribution in [0, 0.1) is 0 Å². The first-order valence-electron chi connectivity index (χ1n) is 9.59. The van der Waals surface area contributed by atoms with E-state index in [0.717, 1.165) is 5.56 Å². The van der Waals surface area contributed by atoms with Gasteiger partial charge in [-0.1, -0.05) is 12.1 Å². The summed E-state index contributed by atoms with van der Waals surface area (Å²) in [5.41, 5.74) is 1.86. The lowest BCUT2D eigenvalue weighted by Crippen LogP contribution is -2.40. The van der Waals surface area contributed by atoms with Crippen molar-refractivity contribution in [3.8, 4) is 11.3 Å². The van der Waals surface area contributed by atoms with E-state index in [9.17, 15) is 18.0 Å². The normalized spacial score (nSPS) is 14.8. The SMILES string of the molecule is O=C(Nc1cccc(-c2ccc(=O)[nH]n2)c1)c1ccc(S(=O)(=O)N2CCOCC2)cc1. The largest absolute Gasteiger partial charge is 0.379 e. The number of carbonyl (C=O) groups is 1. The van der Waals surface area contributed by atoms with Crippen LogP contribution in [0.3, 0.4) is 0 Å². The Morgan fingerprint density at radius 2 is 1.77 bits per heavy atom. The molecular weight excluding hydrogens is 420 g/mol. The summed E-state index contributed by atoms with van der Waals surface area (Å²) in [4.78, 5) is 23.9. The van der Waals surface area contributed by atoms with Gasteiger partial charge in [0.1, 0.15) is 0 Å². The van der Waals surface area contributed by atoms with Gasteiger partial charge in [-0.3, -0.25) is 9.59 Å². The molecule has 0 spiro atoms. The maximum Gasteiger partial charge on any atom is 0.264 e. The number of nitrogens with zero attached hydrogens (tertiary/aromatic N) is 2. The molecule has 1 aromatic heterocycles. The number of morpholine rings is 1. The second-order valence-electron chi connectivity index (χ2n) is 6.88. The van der Waals surface area contributed by atoms with Gasteiger partial charge in [0.15, 0.2) is 0 Å². The third-order valence-corrected chi connectivity index (χ3v) is 6.73. The van der Waals surface area contributed by atoms with E-state index in [-0.39, 0.29) is 16.4 Å². The molecule has 1 aliphatic rings. The van der Waals surface area contributed by atoms with Gasteiger partial charge >= 0.3 is 0 Å². The highest BCUT2D eigenvalue weighted by atomic mass is 32.2. The van der Waals surface area contributed by atoms with Crippen molar-refractivity contribution in [2.45, 2.75) is 4.90 Å². The first-order chi connectivity index (χ1) is 14.9. The van der Waals surface area contributed by atoms with Gasteiger partial charge in [-0.05, 0) is 42.5 Å². The van der Waals surface area contributed by atoms with Crippen molar-refractivity contribution < 1.29 is 17.9 Å². The lowest BCUT2D eigenvalue weighted by atomic mass is 10.1. The number of ether oxygens (including phenoxy) is 1. The number of aromatic amines is 1. The molecule has 1 fully saturated rings. The zero-order valence-corrected chi connectivity index (χ0v) is 17.3. The Morgan fingerprint density at radius 3 is 2.45 bits per heavy atom. The molecule has 10 heteroatoms. The van der Waals surface area contributed by atoms with Crippen LogP contribution >= 0.6 is 0 Å². The summed E-state index contributed by atoms with van der Waals surface area (Å²) < 4.78 is 32.0. The number of aromatic nitrogens is 2. The van der Waals surface area contributed by atoms with Crippen molar-refractivity contribution in [3.05, 3.63) is 76.6 Å². The molecule has 2 heterocycles. The monoisotopic (exact) mass is 440 g/mol. The van der Waals surface area contributed by atoms with E-state index < -0.39 is 10.0 Å². The Labute approximate surface area is 178 Å². The number of hydrogen-bond donors (Lipinski definition) is 2. The van der Waals surface area contributed by atoms with Crippen LogP contribution in [0.4, 0.5) is 5.69 Å². The Morgan fingerprint density at radius 1 is 1.03 bits per heavy atom. The third-order valence-electron chi connectivity index (χ3n) is 4.82. The van der Waals surface area contributed by atoms with Crippen LogP contribution in [0.25, 0.3) is 11.3 Å². The van der Waals surface area contributed by atoms with Crippen LogP contribution in [0.15, 0.2) is 70.4 Å². The van der Waals surface area contributed by atoms with Crippen molar-refractivity contribution in [1.82, 2.24) is 14.5 Å². The second-order valence-corrected chi connectivity index (χ2v) is 8.82. The second kappa shape index (κ2) is 8.80. The molecule has 1 saturated heterocycles. The first kappa shape index (κ1) is 20.9. The van der Waals surface area contributed by atoms with Gasteiger partial charge in [0, 0.05) is 36.0 Å². The van der Waals surface area contributed by atoms with Gasteiger partial charge in [-0.2, -0.15) is 9.40 Å². The number of anilines is 1. The molecule has 0 atom stereocenters. The lowest BCUT2D eigenvalue weighted by Gasteiger charge is -2.26. The topological polar surface area (TPSA) is 121 Å². The average molecular weight is 440 g/mol. The number of amides is 1. The van der Waals surface area contributed by atoms with Gasteiger partial charge in [0.2, 0.25) is 10.0 Å². The molecule has 160 valence electrons. The predicted octanol–water partition coefficient (Wildman–Crippen LogP) is 1.71. The molecule has 1 aliphatic heterocycles. The molecular formula is C21H20N4O5S. The fourth-order valence-electron chi connectivity index (χ4n) is 3.18. The van der Waals surface area contributed by atoms with Crippen molar-refractivity contribution in [3.63, 3.8) is 0 Å². The molecule has 9 nitrogen and oxygen atoms in total. The number of nitrogens with one attached hydrogen (secondary N) is 2. The van der Waals surface area contributed by atoms with Gasteiger partial charge < -0.3 is 10.1 Å². The number of hydrogen-bond acceptors (Lipinski definition) is 6. The molecule has 2 aromatic carbocycles. The predicted molar refractivity (Wildman–Crippen MR) is 114 cm³/mol. The third kappa shape index (κ3) is 4.71. The zero-order valence-electron chi connectivity index (χ0n) is 16.4. The minimum Gasteiger partial charge on any atom is -0.379 e. The van der Waals surface area contributed by atoms with Crippen molar-refractivity contribution in [2.24, 2.45) is 0 Å². The number of carbonyl (C=O) groups excluding carboxylic acids is 1. The minimum atomic E-state index is -3.61. The van der Waals surface area contributed by atoms with Crippen LogP contribution in [0.5, 0.6) is 0 Å². The fourth-order valence-corrected chi connectivity index (χ4v) is 4.59. The standard InChI is InChI=1S/C21H20N4O5S/c26-20-9-8-19(23-24-20)16-2-1-3-17(14-16)22-21(27)15-4-6-18(7-5-15)31(28,29)25-10-12-30-13-11-25/h1-9,14H,10-13H2,(H,22,27)(H,24,26). The van der Waals surface area contributed by atoms with E-state index in [1.165, 1.54) is 34.6 Å². The summed E-state index contributed by atoms with van der Waals surface area (Å²) in [6.07, 6.45) is 0. The number of benzene rings is 2. The van der Waals surface area contributed by atoms with Crippen molar-refractivity contribution in [1.29, 1.82) is 0 Å². The molecule has 0 radical (unpaired) electrons. The van der Waals surface area contributed by atoms with Crippen molar-refractivity contribution >= 4 is 21.6 Å². The summed E-state index contributed by atoms with van der Waals surface area (Å²) in [6, 6.07) is 15.8. The maximum atomic E-state index is 12.7. The number of rotatable bonds is 5. The first-order valence-corrected chi connectivity index (χ1v) is 11.0. The average Bonchev–Trinajstić information content (AvgIpc) is 2.80. The summed E-state index contributed by atoms with van der Waals surface area (Å²) in [6.45, 7) is 1.36. The lowest BCUT2D eigenvalue weighted by molar-refractivity contribution is 0.0730. The molecule has 0 unspecified atom stereocenters.